The summed E-state index contributed by atoms with van der Waals surface area (Å²) >= 11 is 0. The zero-order valence-electron chi connectivity index (χ0n) is 9.22. The second-order valence-electron chi connectivity index (χ2n) is 4.44. The molecule has 1 atom stereocenters. The molecule has 0 aromatic heterocycles. The largest absolute Gasteiger partial charge is 0.508 e. The maximum Gasteiger partial charge on any atom is 0.508 e. The molecule has 0 aromatic carbocycles. The van der Waals surface area contributed by atoms with E-state index in [1.165, 1.54) is 0 Å². The van der Waals surface area contributed by atoms with E-state index in [-0.39, 0.29) is 11.5 Å². The van der Waals surface area contributed by atoms with Gasteiger partial charge in [-0.05, 0) is 18.8 Å². The summed E-state index contributed by atoms with van der Waals surface area (Å²) < 4.78 is 9.85. The molecular formula is C10H20O3. The van der Waals surface area contributed by atoms with Crippen LogP contribution in [0, 0.1) is 5.41 Å². The standard InChI is InChI=1S/C10H20O3/c1-6-8(2)13-9(11)12-7-10(3,4)5/h8H,6-7H2,1-5H3/t8-/m1/s1. The Labute approximate surface area is 80.4 Å². The Morgan fingerprint density at radius 2 is 1.92 bits per heavy atom. The van der Waals surface area contributed by atoms with Gasteiger partial charge in [0, 0.05) is 0 Å². The zero-order chi connectivity index (χ0) is 10.5. The molecule has 0 spiro atoms. The van der Waals surface area contributed by atoms with Crippen LogP contribution in [-0.2, 0) is 9.47 Å². The van der Waals surface area contributed by atoms with E-state index in [4.69, 9.17) is 9.47 Å². The third-order valence-electron chi connectivity index (χ3n) is 1.50. The second-order valence-corrected chi connectivity index (χ2v) is 4.44. The molecule has 0 rings (SSSR count). The van der Waals surface area contributed by atoms with Crippen LogP contribution in [0.25, 0.3) is 0 Å². The van der Waals surface area contributed by atoms with E-state index in [9.17, 15) is 4.79 Å². The third-order valence-corrected chi connectivity index (χ3v) is 1.50. The first-order valence-electron chi connectivity index (χ1n) is 4.68. The molecule has 0 radical (unpaired) electrons. The summed E-state index contributed by atoms with van der Waals surface area (Å²) in [5, 5.41) is 0. The first kappa shape index (κ1) is 12.3. The fourth-order valence-corrected chi connectivity index (χ4v) is 0.557. The molecule has 3 nitrogen and oxygen atoms in total. The molecule has 0 heterocycles. The molecule has 0 bridgehead atoms. The van der Waals surface area contributed by atoms with Crippen LogP contribution < -0.4 is 0 Å². The van der Waals surface area contributed by atoms with Gasteiger partial charge < -0.3 is 9.47 Å². The number of hydrogen-bond acceptors (Lipinski definition) is 3. The summed E-state index contributed by atoms with van der Waals surface area (Å²) in [7, 11) is 0. The molecule has 0 fully saturated rings. The Balaban J connectivity index is 3.64. The lowest BCUT2D eigenvalue weighted by atomic mass is 9.99. The highest BCUT2D eigenvalue weighted by Crippen LogP contribution is 2.13. The van der Waals surface area contributed by atoms with Crippen LogP contribution in [0.3, 0.4) is 0 Å². The van der Waals surface area contributed by atoms with Crippen molar-refractivity contribution in [2.24, 2.45) is 5.41 Å². The van der Waals surface area contributed by atoms with E-state index in [0.29, 0.717) is 6.61 Å². The zero-order valence-corrected chi connectivity index (χ0v) is 9.22. The van der Waals surface area contributed by atoms with Crippen molar-refractivity contribution in [3.05, 3.63) is 0 Å². The minimum absolute atomic E-state index is 0.00548. The molecule has 0 unspecified atom stereocenters. The Bertz CT molecular complexity index is 158. The molecule has 0 N–H and O–H groups in total. The quantitative estimate of drug-likeness (QED) is 0.639. The van der Waals surface area contributed by atoms with E-state index in [1.807, 2.05) is 34.6 Å². The SMILES string of the molecule is CC[C@@H](C)OC(=O)OCC(C)(C)C. The lowest BCUT2D eigenvalue weighted by Gasteiger charge is -2.18. The monoisotopic (exact) mass is 188 g/mol. The summed E-state index contributed by atoms with van der Waals surface area (Å²) in [6.45, 7) is 10.2. The van der Waals surface area contributed by atoms with Crippen LogP contribution in [0.2, 0.25) is 0 Å². The van der Waals surface area contributed by atoms with Gasteiger partial charge in [0.25, 0.3) is 0 Å². The third kappa shape index (κ3) is 7.62. The van der Waals surface area contributed by atoms with Gasteiger partial charge in [-0.1, -0.05) is 27.7 Å². The van der Waals surface area contributed by atoms with E-state index >= 15 is 0 Å². The van der Waals surface area contributed by atoms with E-state index < -0.39 is 6.16 Å². The van der Waals surface area contributed by atoms with Gasteiger partial charge in [0.15, 0.2) is 0 Å². The highest BCUT2D eigenvalue weighted by atomic mass is 16.7. The van der Waals surface area contributed by atoms with Crippen molar-refractivity contribution in [1.82, 2.24) is 0 Å². The van der Waals surface area contributed by atoms with Gasteiger partial charge in [-0.3, -0.25) is 0 Å². The Kier molecular flexibility index (Phi) is 4.81. The van der Waals surface area contributed by atoms with Gasteiger partial charge in [-0.2, -0.15) is 0 Å². The number of carbonyl (C=O) groups is 1. The van der Waals surface area contributed by atoms with Crippen LogP contribution in [-0.4, -0.2) is 18.9 Å². The Hall–Kier alpha value is -0.730. The summed E-state index contributed by atoms with van der Waals surface area (Å²) in [6, 6.07) is 0. The molecule has 0 aliphatic rings. The highest BCUT2D eigenvalue weighted by Gasteiger charge is 2.15. The van der Waals surface area contributed by atoms with Crippen molar-refractivity contribution in [2.75, 3.05) is 6.61 Å². The minimum Gasteiger partial charge on any atom is -0.434 e. The maximum atomic E-state index is 11.0. The number of rotatable bonds is 3. The van der Waals surface area contributed by atoms with Crippen LogP contribution in [0.5, 0.6) is 0 Å². The minimum atomic E-state index is -0.565. The average molecular weight is 188 g/mol. The molecule has 3 heteroatoms. The van der Waals surface area contributed by atoms with Crippen LogP contribution in [0.15, 0.2) is 0 Å². The van der Waals surface area contributed by atoms with Gasteiger partial charge in [0.05, 0.1) is 6.61 Å². The van der Waals surface area contributed by atoms with E-state index in [1.54, 1.807) is 0 Å². The van der Waals surface area contributed by atoms with Gasteiger partial charge in [0.2, 0.25) is 0 Å². The van der Waals surface area contributed by atoms with E-state index in [0.717, 1.165) is 6.42 Å². The second kappa shape index (κ2) is 5.10. The maximum absolute atomic E-state index is 11.0. The number of carbonyl (C=O) groups excluding carboxylic acids is 1. The topological polar surface area (TPSA) is 35.5 Å². The number of ether oxygens (including phenoxy) is 2. The van der Waals surface area contributed by atoms with Crippen molar-refractivity contribution >= 4 is 6.16 Å². The molecule has 0 saturated heterocycles. The van der Waals surface area contributed by atoms with Crippen molar-refractivity contribution in [3.8, 4) is 0 Å². The molecule has 0 aliphatic carbocycles. The highest BCUT2D eigenvalue weighted by molar-refractivity contribution is 5.60. The molecule has 0 saturated carbocycles. The fraction of sp³-hybridized carbons (Fsp3) is 0.900. The first-order valence-corrected chi connectivity index (χ1v) is 4.68. The van der Waals surface area contributed by atoms with Gasteiger partial charge >= 0.3 is 6.16 Å². The first-order chi connectivity index (χ1) is 5.85. The molecule has 0 aliphatic heterocycles. The van der Waals surface area contributed by atoms with Crippen molar-refractivity contribution in [1.29, 1.82) is 0 Å². The molecular weight excluding hydrogens is 168 g/mol. The summed E-state index contributed by atoms with van der Waals surface area (Å²) in [4.78, 5) is 11.0. The average Bonchev–Trinajstić information content (AvgIpc) is 1.99. The summed E-state index contributed by atoms with van der Waals surface area (Å²) in [6.07, 6.45) is 0.182. The summed E-state index contributed by atoms with van der Waals surface area (Å²) in [5.41, 5.74) is -0.00548. The van der Waals surface area contributed by atoms with Gasteiger partial charge in [0.1, 0.15) is 6.10 Å². The predicted molar refractivity (Wildman–Crippen MR) is 51.6 cm³/mol. The fourth-order valence-electron chi connectivity index (χ4n) is 0.557. The molecule has 13 heavy (non-hydrogen) atoms. The van der Waals surface area contributed by atoms with E-state index in [2.05, 4.69) is 0 Å². The predicted octanol–water partition coefficient (Wildman–Crippen LogP) is 2.98. The lowest BCUT2D eigenvalue weighted by molar-refractivity contribution is 0.0110. The Morgan fingerprint density at radius 3 is 2.31 bits per heavy atom. The Morgan fingerprint density at radius 1 is 1.38 bits per heavy atom. The van der Waals surface area contributed by atoms with Crippen LogP contribution in [0.4, 0.5) is 4.79 Å². The van der Waals surface area contributed by atoms with Gasteiger partial charge in [-0.15, -0.1) is 0 Å². The van der Waals surface area contributed by atoms with Crippen molar-refractivity contribution in [2.45, 2.75) is 47.1 Å². The lowest BCUT2D eigenvalue weighted by Crippen LogP contribution is -2.21. The molecule has 0 aromatic rings. The van der Waals surface area contributed by atoms with Crippen LogP contribution >= 0.6 is 0 Å². The smallest absolute Gasteiger partial charge is 0.434 e. The molecule has 0 amide bonds. The normalized spacial score (nSPS) is 13.6. The molecule has 78 valence electrons. The van der Waals surface area contributed by atoms with Crippen molar-refractivity contribution in [3.63, 3.8) is 0 Å². The summed E-state index contributed by atoms with van der Waals surface area (Å²) in [5.74, 6) is 0. The van der Waals surface area contributed by atoms with Crippen LogP contribution in [0.1, 0.15) is 41.0 Å². The van der Waals surface area contributed by atoms with Crippen molar-refractivity contribution < 1.29 is 14.3 Å². The van der Waals surface area contributed by atoms with Gasteiger partial charge in [-0.25, -0.2) is 4.79 Å². The number of hydrogen-bond donors (Lipinski definition) is 0.